The van der Waals surface area contributed by atoms with Gasteiger partial charge in [-0.2, -0.15) is 17.0 Å². The Balaban J connectivity index is 1.87. The van der Waals surface area contributed by atoms with Crippen LogP contribution in [0.4, 0.5) is 0 Å². The van der Waals surface area contributed by atoms with Crippen LogP contribution in [0.2, 0.25) is 0 Å². The van der Waals surface area contributed by atoms with E-state index in [1.54, 1.807) is 0 Å². The van der Waals surface area contributed by atoms with Gasteiger partial charge >= 0.3 is 0 Å². The second-order valence-electron chi connectivity index (χ2n) is 5.79. The zero-order valence-corrected chi connectivity index (χ0v) is 12.0. The SMILES string of the molecule is CC(CCO)SC1CCCC(C#N)(NC2CC2)C1. The van der Waals surface area contributed by atoms with Gasteiger partial charge in [0, 0.05) is 23.1 Å². The number of nitriles is 1. The summed E-state index contributed by atoms with van der Waals surface area (Å²) in [7, 11) is 0. The Kier molecular flexibility index (Phi) is 4.94. The van der Waals surface area contributed by atoms with E-state index in [2.05, 4.69) is 18.3 Å². The van der Waals surface area contributed by atoms with Gasteiger partial charge < -0.3 is 5.11 Å². The van der Waals surface area contributed by atoms with E-state index in [1.165, 1.54) is 19.3 Å². The Morgan fingerprint density at radius 2 is 2.28 bits per heavy atom. The molecule has 0 aromatic carbocycles. The highest BCUT2D eigenvalue weighted by molar-refractivity contribution is 8.00. The summed E-state index contributed by atoms with van der Waals surface area (Å²) < 4.78 is 0. The van der Waals surface area contributed by atoms with Crippen LogP contribution in [-0.2, 0) is 0 Å². The van der Waals surface area contributed by atoms with Gasteiger partial charge in [0.15, 0.2) is 0 Å². The Labute approximate surface area is 114 Å². The summed E-state index contributed by atoms with van der Waals surface area (Å²) >= 11 is 1.96. The molecule has 102 valence electrons. The van der Waals surface area contributed by atoms with Crippen LogP contribution in [0.15, 0.2) is 0 Å². The lowest BCUT2D eigenvalue weighted by Gasteiger charge is -2.37. The molecule has 3 nitrogen and oxygen atoms in total. The number of aliphatic hydroxyl groups excluding tert-OH is 1. The van der Waals surface area contributed by atoms with Gasteiger partial charge in [-0.1, -0.05) is 6.92 Å². The Morgan fingerprint density at radius 1 is 1.50 bits per heavy atom. The zero-order valence-electron chi connectivity index (χ0n) is 11.2. The van der Waals surface area contributed by atoms with Crippen molar-refractivity contribution in [1.29, 1.82) is 5.26 Å². The van der Waals surface area contributed by atoms with Gasteiger partial charge in [-0.25, -0.2) is 0 Å². The third-order valence-corrected chi connectivity index (χ3v) is 5.43. The van der Waals surface area contributed by atoms with Gasteiger partial charge in [-0.15, -0.1) is 0 Å². The van der Waals surface area contributed by atoms with E-state index in [-0.39, 0.29) is 12.1 Å². The minimum Gasteiger partial charge on any atom is -0.396 e. The van der Waals surface area contributed by atoms with Crippen LogP contribution in [-0.4, -0.2) is 33.8 Å². The molecule has 2 fully saturated rings. The number of thioether (sulfide) groups is 1. The fraction of sp³-hybridized carbons (Fsp3) is 0.929. The molecule has 0 spiro atoms. The maximum absolute atomic E-state index is 9.51. The lowest BCUT2D eigenvalue weighted by atomic mass is 9.82. The summed E-state index contributed by atoms with van der Waals surface area (Å²) in [6.45, 7) is 2.45. The van der Waals surface area contributed by atoms with Crippen LogP contribution in [0.25, 0.3) is 0 Å². The van der Waals surface area contributed by atoms with Crippen LogP contribution in [0.3, 0.4) is 0 Å². The fourth-order valence-electron chi connectivity index (χ4n) is 2.80. The fourth-order valence-corrected chi connectivity index (χ4v) is 4.38. The van der Waals surface area contributed by atoms with E-state index < -0.39 is 0 Å². The Hall–Kier alpha value is -0.240. The maximum atomic E-state index is 9.51. The highest BCUT2D eigenvalue weighted by Gasteiger charge is 2.40. The minimum absolute atomic E-state index is 0.268. The summed E-state index contributed by atoms with van der Waals surface area (Å²) in [5.41, 5.74) is -0.268. The first-order valence-corrected chi connectivity index (χ1v) is 8.07. The van der Waals surface area contributed by atoms with Crippen molar-refractivity contribution in [1.82, 2.24) is 5.32 Å². The number of nitrogens with zero attached hydrogens (tertiary/aromatic N) is 1. The normalized spacial score (nSPS) is 33.9. The monoisotopic (exact) mass is 268 g/mol. The van der Waals surface area contributed by atoms with Gasteiger partial charge in [0.1, 0.15) is 5.54 Å². The second-order valence-corrected chi connectivity index (χ2v) is 7.53. The third-order valence-electron chi connectivity index (χ3n) is 3.94. The standard InChI is InChI=1S/C14H24N2OS/c1-11(6-8-17)18-13-3-2-7-14(9-13,10-15)16-12-4-5-12/h11-13,16-17H,2-9H2,1H3. The van der Waals surface area contributed by atoms with E-state index in [1.807, 2.05) is 11.8 Å². The molecule has 3 unspecified atom stereocenters. The molecule has 0 radical (unpaired) electrons. The minimum atomic E-state index is -0.268. The Bertz CT molecular complexity index is 313. The first kappa shape index (κ1) is 14.2. The molecule has 2 N–H and O–H groups in total. The van der Waals surface area contributed by atoms with Crippen LogP contribution in [0.1, 0.15) is 51.9 Å². The average molecular weight is 268 g/mol. The van der Waals surface area contributed by atoms with Gasteiger partial charge in [-0.05, 0) is 44.9 Å². The average Bonchev–Trinajstić information content (AvgIpc) is 3.13. The quantitative estimate of drug-likeness (QED) is 0.777. The lowest BCUT2D eigenvalue weighted by Crippen LogP contribution is -2.49. The summed E-state index contributed by atoms with van der Waals surface area (Å²) in [5, 5.41) is 23.1. The van der Waals surface area contributed by atoms with Gasteiger partial charge in [0.2, 0.25) is 0 Å². The maximum Gasteiger partial charge on any atom is 0.108 e. The molecule has 2 aliphatic rings. The number of rotatable bonds is 6. The van der Waals surface area contributed by atoms with Crippen molar-refractivity contribution < 1.29 is 5.11 Å². The first-order valence-electron chi connectivity index (χ1n) is 7.13. The van der Waals surface area contributed by atoms with E-state index >= 15 is 0 Å². The topological polar surface area (TPSA) is 56.0 Å². The smallest absolute Gasteiger partial charge is 0.108 e. The largest absolute Gasteiger partial charge is 0.396 e. The van der Waals surface area contributed by atoms with Crippen molar-refractivity contribution >= 4 is 11.8 Å². The molecular formula is C14H24N2OS. The van der Waals surface area contributed by atoms with Crippen molar-refractivity contribution in [2.24, 2.45) is 0 Å². The molecule has 4 heteroatoms. The molecule has 0 saturated heterocycles. The van der Waals surface area contributed by atoms with Crippen molar-refractivity contribution in [3.05, 3.63) is 0 Å². The molecule has 0 aliphatic heterocycles. The number of aliphatic hydroxyl groups is 1. The molecule has 18 heavy (non-hydrogen) atoms. The molecule has 2 saturated carbocycles. The van der Waals surface area contributed by atoms with Crippen LogP contribution < -0.4 is 5.32 Å². The first-order chi connectivity index (χ1) is 8.67. The molecule has 0 bridgehead atoms. The highest BCUT2D eigenvalue weighted by atomic mass is 32.2. The van der Waals surface area contributed by atoms with Gasteiger partial charge in [0.05, 0.1) is 6.07 Å². The predicted octanol–water partition coefficient (Wildman–Crippen LogP) is 2.45. The van der Waals surface area contributed by atoms with E-state index in [0.29, 0.717) is 16.5 Å². The number of hydrogen-bond donors (Lipinski definition) is 2. The predicted molar refractivity (Wildman–Crippen MR) is 75.5 cm³/mol. The van der Waals surface area contributed by atoms with Crippen molar-refractivity contribution in [2.75, 3.05) is 6.61 Å². The van der Waals surface area contributed by atoms with Crippen LogP contribution in [0.5, 0.6) is 0 Å². The lowest BCUT2D eigenvalue weighted by molar-refractivity contribution is 0.287. The summed E-state index contributed by atoms with van der Waals surface area (Å²) in [6, 6.07) is 3.15. The molecule has 0 aromatic heterocycles. The molecule has 2 rings (SSSR count). The van der Waals surface area contributed by atoms with E-state index in [9.17, 15) is 5.26 Å². The molecule has 2 aliphatic carbocycles. The molecular weight excluding hydrogens is 244 g/mol. The van der Waals surface area contributed by atoms with E-state index in [4.69, 9.17) is 5.11 Å². The highest BCUT2D eigenvalue weighted by Crippen LogP contribution is 2.38. The van der Waals surface area contributed by atoms with Crippen molar-refractivity contribution in [2.45, 2.75) is 74.0 Å². The zero-order chi connectivity index (χ0) is 13.0. The molecule has 0 amide bonds. The summed E-state index contributed by atoms with van der Waals surface area (Å²) in [6.07, 6.45) is 7.68. The summed E-state index contributed by atoms with van der Waals surface area (Å²) in [4.78, 5) is 0. The molecule has 0 aromatic rings. The Morgan fingerprint density at radius 3 is 2.89 bits per heavy atom. The van der Waals surface area contributed by atoms with Crippen LogP contribution >= 0.6 is 11.8 Å². The molecule has 0 heterocycles. The summed E-state index contributed by atoms with van der Waals surface area (Å²) in [5.74, 6) is 0. The van der Waals surface area contributed by atoms with Gasteiger partial charge in [0.25, 0.3) is 0 Å². The number of nitrogens with one attached hydrogen (secondary N) is 1. The van der Waals surface area contributed by atoms with Crippen LogP contribution in [0, 0.1) is 11.3 Å². The number of hydrogen-bond acceptors (Lipinski definition) is 4. The van der Waals surface area contributed by atoms with Gasteiger partial charge in [-0.3, -0.25) is 5.32 Å². The second kappa shape index (κ2) is 6.27. The third kappa shape index (κ3) is 3.88. The molecule has 3 atom stereocenters. The van der Waals surface area contributed by atoms with Crippen molar-refractivity contribution in [3.63, 3.8) is 0 Å². The van der Waals surface area contributed by atoms with Crippen molar-refractivity contribution in [3.8, 4) is 6.07 Å². The van der Waals surface area contributed by atoms with E-state index in [0.717, 1.165) is 25.7 Å².